The van der Waals surface area contributed by atoms with Crippen LogP contribution in [-0.4, -0.2) is 51.1 Å². The molecule has 1 aromatic rings. The number of rotatable bonds is 7. The van der Waals surface area contributed by atoms with Crippen LogP contribution < -0.4 is 10.6 Å². The van der Waals surface area contributed by atoms with Gasteiger partial charge in [-0.1, -0.05) is 6.07 Å². The van der Waals surface area contributed by atoms with Crippen LogP contribution in [0.15, 0.2) is 22.5 Å². The van der Waals surface area contributed by atoms with Gasteiger partial charge in [-0.05, 0) is 25.3 Å². The first-order chi connectivity index (χ1) is 9.74. The molecule has 3 N–H and O–H groups in total. The zero-order valence-corrected chi connectivity index (χ0v) is 17.0. The summed E-state index contributed by atoms with van der Waals surface area (Å²) in [5, 5.41) is 18.3. The quantitative estimate of drug-likeness (QED) is 0.322. The van der Waals surface area contributed by atoms with Crippen molar-refractivity contribution in [2.45, 2.75) is 19.4 Å². The van der Waals surface area contributed by atoms with Crippen molar-refractivity contribution in [1.82, 2.24) is 10.6 Å². The van der Waals surface area contributed by atoms with Crippen LogP contribution in [0.3, 0.4) is 0 Å². The number of thiophene rings is 1. The Labute approximate surface area is 153 Å². The first kappa shape index (κ1) is 21.6. The van der Waals surface area contributed by atoms with Gasteiger partial charge in [0.05, 0.1) is 12.3 Å². The highest BCUT2D eigenvalue weighted by molar-refractivity contribution is 14.0. The van der Waals surface area contributed by atoms with E-state index in [1.54, 1.807) is 6.92 Å². The number of nitrogens with zero attached hydrogens (tertiary/aromatic N) is 1. The number of halogens is 1. The van der Waals surface area contributed by atoms with E-state index in [-0.39, 0.29) is 42.8 Å². The highest BCUT2D eigenvalue weighted by Crippen LogP contribution is 2.25. The van der Waals surface area contributed by atoms with E-state index in [0.29, 0.717) is 12.5 Å². The molecular formula is C13H24IN3O3S2. The van der Waals surface area contributed by atoms with Crippen LogP contribution in [0.2, 0.25) is 0 Å². The Hall–Kier alpha value is -0.390. The number of hydrogen-bond acceptors (Lipinski definition) is 5. The molecule has 22 heavy (non-hydrogen) atoms. The first-order valence-corrected chi connectivity index (χ1v) is 9.65. The van der Waals surface area contributed by atoms with Crippen molar-refractivity contribution in [3.63, 3.8) is 0 Å². The molecule has 0 amide bonds. The van der Waals surface area contributed by atoms with Gasteiger partial charge in [-0.15, -0.1) is 35.3 Å². The SMILES string of the molecule is CCNC(=NCC(C)(O)c1cccs1)NCCS(C)(=O)=O.I. The van der Waals surface area contributed by atoms with Gasteiger partial charge < -0.3 is 15.7 Å². The number of guanidine groups is 1. The summed E-state index contributed by atoms with van der Waals surface area (Å²) in [7, 11) is -3.01. The molecule has 1 atom stereocenters. The standard InChI is InChI=1S/C13H23N3O3S2.HI/c1-4-14-12(15-7-9-21(3,18)19)16-10-13(2,17)11-6-5-8-20-11;/h5-6,8,17H,4,7,9-10H2,1-3H3,(H2,14,15,16);1H. The molecule has 0 saturated heterocycles. The fraction of sp³-hybridized carbons (Fsp3) is 0.615. The Bertz CT molecular complexity index is 557. The van der Waals surface area contributed by atoms with Crippen LogP contribution in [0, 0.1) is 0 Å². The van der Waals surface area contributed by atoms with E-state index in [0.717, 1.165) is 4.88 Å². The second-order valence-corrected chi connectivity index (χ2v) is 8.21. The smallest absolute Gasteiger partial charge is 0.191 e. The van der Waals surface area contributed by atoms with Gasteiger partial charge in [0.1, 0.15) is 15.4 Å². The van der Waals surface area contributed by atoms with Crippen LogP contribution in [0.1, 0.15) is 18.7 Å². The largest absolute Gasteiger partial charge is 0.383 e. The Kier molecular flexibility index (Phi) is 9.51. The van der Waals surface area contributed by atoms with Crippen LogP contribution in [-0.2, 0) is 15.4 Å². The Balaban J connectivity index is 0.00000441. The molecule has 0 radical (unpaired) electrons. The third kappa shape index (κ3) is 8.30. The second-order valence-electron chi connectivity index (χ2n) is 5.00. The maximum absolute atomic E-state index is 11.1. The molecule has 0 bridgehead atoms. The van der Waals surface area contributed by atoms with Gasteiger partial charge in [-0.2, -0.15) is 0 Å². The van der Waals surface area contributed by atoms with Gasteiger partial charge in [-0.3, -0.25) is 0 Å². The molecule has 0 fully saturated rings. The minimum atomic E-state index is -3.01. The summed E-state index contributed by atoms with van der Waals surface area (Å²) >= 11 is 1.48. The molecular weight excluding hydrogens is 437 g/mol. The van der Waals surface area contributed by atoms with Crippen molar-refractivity contribution in [1.29, 1.82) is 0 Å². The summed E-state index contributed by atoms with van der Waals surface area (Å²) in [5.74, 6) is 0.539. The zero-order valence-electron chi connectivity index (χ0n) is 13.0. The highest BCUT2D eigenvalue weighted by atomic mass is 127. The average molecular weight is 461 g/mol. The Morgan fingerprint density at radius 2 is 2.14 bits per heavy atom. The molecule has 128 valence electrons. The number of sulfone groups is 1. The van der Waals surface area contributed by atoms with Crippen molar-refractivity contribution >= 4 is 51.1 Å². The minimum Gasteiger partial charge on any atom is -0.383 e. The Morgan fingerprint density at radius 1 is 1.45 bits per heavy atom. The van der Waals surface area contributed by atoms with E-state index >= 15 is 0 Å². The third-order valence-corrected chi connectivity index (χ3v) is 4.78. The van der Waals surface area contributed by atoms with E-state index in [1.165, 1.54) is 17.6 Å². The van der Waals surface area contributed by atoms with E-state index in [4.69, 9.17) is 0 Å². The van der Waals surface area contributed by atoms with E-state index in [2.05, 4.69) is 15.6 Å². The molecule has 1 aromatic heterocycles. The second kappa shape index (κ2) is 9.68. The fourth-order valence-corrected chi connectivity index (χ4v) is 2.84. The van der Waals surface area contributed by atoms with Gasteiger partial charge in [0.15, 0.2) is 5.96 Å². The fourth-order valence-electron chi connectivity index (χ4n) is 1.59. The molecule has 0 aromatic carbocycles. The molecule has 9 heteroatoms. The Morgan fingerprint density at radius 3 is 2.64 bits per heavy atom. The molecule has 0 aliphatic heterocycles. The van der Waals surface area contributed by atoms with Crippen LogP contribution in [0.5, 0.6) is 0 Å². The van der Waals surface area contributed by atoms with Gasteiger partial charge in [0, 0.05) is 24.2 Å². The molecule has 1 unspecified atom stereocenters. The van der Waals surface area contributed by atoms with Crippen molar-refractivity contribution in [3.8, 4) is 0 Å². The van der Waals surface area contributed by atoms with Crippen molar-refractivity contribution < 1.29 is 13.5 Å². The van der Waals surface area contributed by atoms with Crippen LogP contribution >= 0.6 is 35.3 Å². The van der Waals surface area contributed by atoms with Crippen LogP contribution in [0.25, 0.3) is 0 Å². The van der Waals surface area contributed by atoms with E-state index in [9.17, 15) is 13.5 Å². The summed E-state index contributed by atoms with van der Waals surface area (Å²) < 4.78 is 22.2. The molecule has 0 spiro atoms. The number of aliphatic hydroxyl groups is 1. The minimum absolute atomic E-state index is 0. The molecule has 0 aliphatic rings. The lowest BCUT2D eigenvalue weighted by Crippen LogP contribution is -2.40. The van der Waals surface area contributed by atoms with Crippen molar-refractivity contribution in [3.05, 3.63) is 22.4 Å². The molecule has 0 saturated carbocycles. The summed E-state index contributed by atoms with van der Waals surface area (Å²) in [6.07, 6.45) is 1.19. The summed E-state index contributed by atoms with van der Waals surface area (Å²) in [5.41, 5.74) is -1.03. The van der Waals surface area contributed by atoms with Crippen molar-refractivity contribution in [2.24, 2.45) is 4.99 Å². The lowest BCUT2D eigenvalue weighted by atomic mass is 10.1. The number of nitrogens with one attached hydrogen (secondary N) is 2. The molecule has 0 aliphatic carbocycles. The lowest BCUT2D eigenvalue weighted by Gasteiger charge is -2.20. The summed E-state index contributed by atoms with van der Waals surface area (Å²) in [6, 6.07) is 3.75. The van der Waals surface area contributed by atoms with Gasteiger partial charge in [0.2, 0.25) is 0 Å². The number of hydrogen-bond donors (Lipinski definition) is 3. The lowest BCUT2D eigenvalue weighted by molar-refractivity contribution is 0.0711. The first-order valence-electron chi connectivity index (χ1n) is 6.71. The molecule has 6 nitrogen and oxygen atoms in total. The van der Waals surface area contributed by atoms with E-state index < -0.39 is 15.4 Å². The predicted octanol–water partition coefficient (Wildman–Crippen LogP) is 1.17. The predicted molar refractivity (Wildman–Crippen MR) is 103 cm³/mol. The summed E-state index contributed by atoms with van der Waals surface area (Å²) in [4.78, 5) is 5.16. The van der Waals surface area contributed by atoms with E-state index in [1.807, 2.05) is 24.4 Å². The zero-order chi connectivity index (χ0) is 15.9. The molecule has 1 rings (SSSR count). The van der Waals surface area contributed by atoms with Crippen LogP contribution in [0.4, 0.5) is 0 Å². The van der Waals surface area contributed by atoms with Crippen molar-refractivity contribution in [2.75, 3.05) is 31.6 Å². The van der Waals surface area contributed by atoms with Gasteiger partial charge in [0.25, 0.3) is 0 Å². The summed E-state index contributed by atoms with van der Waals surface area (Å²) in [6.45, 7) is 4.77. The highest BCUT2D eigenvalue weighted by Gasteiger charge is 2.23. The monoisotopic (exact) mass is 461 g/mol. The third-order valence-electron chi connectivity index (χ3n) is 2.71. The number of aliphatic imine (C=N–C) groups is 1. The van der Waals surface area contributed by atoms with Gasteiger partial charge in [-0.25, -0.2) is 13.4 Å². The van der Waals surface area contributed by atoms with Gasteiger partial charge >= 0.3 is 0 Å². The maximum Gasteiger partial charge on any atom is 0.191 e. The average Bonchev–Trinajstić information content (AvgIpc) is 2.89. The maximum atomic E-state index is 11.1. The normalized spacial score (nSPS) is 14.8. The topological polar surface area (TPSA) is 90.8 Å². The molecule has 1 heterocycles.